The molecule has 0 spiro atoms. The highest BCUT2D eigenvalue weighted by Gasteiger charge is 2.23. The average Bonchev–Trinajstić information content (AvgIpc) is 3.51. The van der Waals surface area contributed by atoms with Crippen LogP contribution in [0.5, 0.6) is 5.75 Å². The number of amides is 1. The van der Waals surface area contributed by atoms with Gasteiger partial charge in [0, 0.05) is 12.2 Å². The first-order valence-corrected chi connectivity index (χ1v) is 11.5. The summed E-state index contributed by atoms with van der Waals surface area (Å²) in [6.07, 6.45) is 4.09. The molecule has 0 aliphatic carbocycles. The van der Waals surface area contributed by atoms with Gasteiger partial charge >= 0.3 is 0 Å². The van der Waals surface area contributed by atoms with Crippen molar-refractivity contribution >= 4 is 17.7 Å². The topological polar surface area (TPSA) is 72.3 Å². The van der Waals surface area contributed by atoms with Crippen molar-refractivity contribution < 1.29 is 9.53 Å². The number of hydrogen-bond acceptors (Lipinski definition) is 6. The molecule has 2 aromatic carbocycles. The Morgan fingerprint density at radius 1 is 1.13 bits per heavy atom. The van der Waals surface area contributed by atoms with Gasteiger partial charge < -0.3 is 10.1 Å². The van der Waals surface area contributed by atoms with Crippen LogP contribution in [0.1, 0.15) is 24.4 Å². The number of carbonyl (C=O) groups is 1. The first-order valence-electron chi connectivity index (χ1n) is 10.5. The van der Waals surface area contributed by atoms with Crippen LogP contribution in [0.25, 0.3) is 5.69 Å². The number of nitrogens with zero attached hydrogens (tertiary/aromatic N) is 4. The van der Waals surface area contributed by atoms with Crippen LogP contribution in [0.4, 0.5) is 0 Å². The summed E-state index contributed by atoms with van der Waals surface area (Å²) in [7, 11) is 1.64. The Morgan fingerprint density at radius 2 is 1.87 bits per heavy atom. The van der Waals surface area contributed by atoms with Crippen LogP contribution in [-0.4, -0.2) is 58.1 Å². The second kappa shape index (κ2) is 10.5. The van der Waals surface area contributed by atoms with Gasteiger partial charge in [0.15, 0.2) is 5.16 Å². The molecule has 4 rings (SSSR count). The number of likely N-dealkylation sites (tertiary alicyclic amines) is 1. The molecule has 162 valence electrons. The van der Waals surface area contributed by atoms with Crippen molar-refractivity contribution in [2.45, 2.75) is 24.0 Å². The molecule has 31 heavy (non-hydrogen) atoms. The molecule has 1 amide bonds. The monoisotopic (exact) mass is 437 g/mol. The van der Waals surface area contributed by atoms with Crippen molar-refractivity contribution in [2.24, 2.45) is 0 Å². The number of rotatable bonds is 9. The smallest absolute Gasteiger partial charge is 0.230 e. The second-order valence-corrected chi connectivity index (χ2v) is 8.39. The van der Waals surface area contributed by atoms with Crippen molar-refractivity contribution in [3.63, 3.8) is 0 Å². The minimum absolute atomic E-state index is 0.00518. The van der Waals surface area contributed by atoms with Gasteiger partial charge in [-0.3, -0.25) is 14.3 Å². The number of methoxy groups -OCH3 is 1. The van der Waals surface area contributed by atoms with Gasteiger partial charge in [-0.25, -0.2) is 0 Å². The molecule has 1 unspecified atom stereocenters. The largest absolute Gasteiger partial charge is 0.497 e. The van der Waals surface area contributed by atoms with E-state index in [0.29, 0.717) is 11.7 Å². The van der Waals surface area contributed by atoms with Crippen molar-refractivity contribution in [3.8, 4) is 11.4 Å². The SMILES string of the molecule is COc1ccc(-n2cnnc2SCC(=O)NCC(c2ccccc2)N2CCCC2)cc1. The summed E-state index contributed by atoms with van der Waals surface area (Å²) < 4.78 is 7.08. The number of aromatic nitrogens is 3. The molecule has 0 saturated carbocycles. The van der Waals surface area contributed by atoms with Crippen LogP contribution in [0.3, 0.4) is 0 Å². The predicted octanol–water partition coefficient (Wildman–Crippen LogP) is 3.32. The zero-order valence-corrected chi connectivity index (χ0v) is 18.4. The normalized spacial score (nSPS) is 15.0. The summed E-state index contributed by atoms with van der Waals surface area (Å²) in [5.74, 6) is 1.07. The minimum atomic E-state index is -0.00518. The van der Waals surface area contributed by atoms with Gasteiger partial charge in [0.1, 0.15) is 12.1 Å². The molecule has 0 radical (unpaired) electrons. The number of carbonyl (C=O) groups excluding carboxylic acids is 1. The Balaban J connectivity index is 1.34. The third-order valence-electron chi connectivity index (χ3n) is 5.46. The van der Waals surface area contributed by atoms with E-state index < -0.39 is 0 Å². The molecule has 1 fully saturated rings. The zero-order chi connectivity index (χ0) is 21.5. The summed E-state index contributed by atoms with van der Waals surface area (Å²) in [4.78, 5) is 15.1. The van der Waals surface area contributed by atoms with Crippen molar-refractivity contribution in [1.82, 2.24) is 25.0 Å². The molecule has 1 saturated heterocycles. The van der Waals surface area contributed by atoms with Crippen LogP contribution < -0.4 is 10.1 Å². The van der Waals surface area contributed by atoms with Gasteiger partial charge in [-0.05, 0) is 55.8 Å². The molecule has 2 heterocycles. The number of ether oxygens (including phenoxy) is 1. The van der Waals surface area contributed by atoms with Crippen molar-refractivity contribution in [3.05, 3.63) is 66.5 Å². The highest BCUT2D eigenvalue weighted by atomic mass is 32.2. The molecule has 1 atom stereocenters. The fraction of sp³-hybridized carbons (Fsp3) is 0.348. The Bertz CT molecular complexity index is 971. The van der Waals surface area contributed by atoms with Gasteiger partial charge in [0.25, 0.3) is 0 Å². The van der Waals surface area contributed by atoms with Crippen LogP contribution >= 0.6 is 11.8 Å². The van der Waals surface area contributed by atoms with Crippen LogP contribution in [0.2, 0.25) is 0 Å². The van der Waals surface area contributed by atoms with E-state index in [9.17, 15) is 4.79 Å². The summed E-state index contributed by atoms with van der Waals surface area (Å²) in [6.45, 7) is 2.76. The number of benzene rings is 2. The highest BCUT2D eigenvalue weighted by Crippen LogP contribution is 2.25. The van der Waals surface area contributed by atoms with Crippen molar-refractivity contribution in [1.29, 1.82) is 0 Å². The van der Waals surface area contributed by atoms with E-state index in [0.717, 1.165) is 24.5 Å². The number of thioether (sulfide) groups is 1. The summed E-state index contributed by atoms with van der Waals surface area (Å²) >= 11 is 1.38. The third-order valence-corrected chi connectivity index (χ3v) is 6.40. The predicted molar refractivity (Wildman–Crippen MR) is 122 cm³/mol. The molecule has 1 aliphatic rings. The zero-order valence-electron chi connectivity index (χ0n) is 17.6. The lowest BCUT2D eigenvalue weighted by Crippen LogP contribution is -2.37. The molecule has 7 nitrogen and oxygen atoms in total. The van der Waals surface area contributed by atoms with E-state index in [4.69, 9.17) is 4.74 Å². The van der Waals surface area contributed by atoms with Crippen molar-refractivity contribution in [2.75, 3.05) is 32.5 Å². The van der Waals surface area contributed by atoms with Gasteiger partial charge in [-0.2, -0.15) is 0 Å². The maximum atomic E-state index is 12.6. The summed E-state index contributed by atoms with van der Waals surface area (Å²) in [5, 5.41) is 12.0. The second-order valence-electron chi connectivity index (χ2n) is 7.44. The summed E-state index contributed by atoms with van der Waals surface area (Å²) in [6, 6.07) is 18.3. The molecular formula is C23H27N5O2S. The average molecular weight is 438 g/mol. The lowest BCUT2D eigenvalue weighted by Gasteiger charge is -2.28. The van der Waals surface area contributed by atoms with Crippen LogP contribution in [0.15, 0.2) is 66.1 Å². The van der Waals surface area contributed by atoms with Gasteiger partial charge in [-0.15, -0.1) is 10.2 Å². The first-order chi connectivity index (χ1) is 15.2. The van der Waals surface area contributed by atoms with Crippen LogP contribution in [0, 0.1) is 0 Å². The Kier molecular flexibility index (Phi) is 7.22. The third kappa shape index (κ3) is 5.45. The molecular weight excluding hydrogens is 410 g/mol. The van der Waals surface area contributed by atoms with Gasteiger partial charge in [0.2, 0.25) is 5.91 Å². The fourth-order valence-corrected chi connectivity index (χ4v) is 4.58. The Hall–Kier alpha value is -2.84. The Morgan fingerprint density at radius 3 is 2.58 bits per heavy atom. The van der Waals surface area contributed by atoms with E-state index in [1.54, 1.807) is 13.4 Å². The molecule has 1 N–H and O–H groups in total. The quantitative estimate of drug-likeness (QED) is 0.518. The summed E-state index contributed by atoms with van der Waals surface area (Å²) in [5.41, 5.74) is 2.17. The standard InChI is InChI=1S/C23H27N5O2S/c1-30-20-11-9-19(10-12-20)28-17-25-26-23(28)31-16-22(29)24-15-21(27-13-5-6-14-27)18-7-3-2-4-8-18/h2-4,7-12,17,21H,5-6,13-16H2,1H3,(H,24,29). The van der Waals surface area contributed by atoms with E-state index in [2.05, 4.69) is 44.7 Å². The molecule has 1 aliphatic heterocycles. The van der Waals surface area contributed by atoms with E-state index in [1.165, 1.54) is 30.2 Å². The van der Waals surface area contributed by atoms with E-state index >= 15 is 0 Å². The highest BCUT2D eigenvalue weighted by molar-refractivity contribution is 7.99. The molecule has 1 aromatic heterocycles. The molecule has 3 aromatic rings. The molecule has 0 bridgehead atoms. The van der Waals surface area contributed by atoms with Crippen LogP contribution in [-0.2, 0) is 4.79 Å². The minimum Gasteiger partial charge on any atom is -0.497 e. The van der Waals surface area contributed by atoms with E-state index in [1.807, 2.05) is 34.9 Å². The van der Waals surface area contributed by atoms with E-state index in [-0.39, 0.29) is 17.7 Å². The Labute approximate surface area is 186 Å². The van der Waals surface area contributed by atoms with Gasteiger partial charge in [0.05, 0.1) is 18.9 Å². The fourth-order valence-electron chi connectivity index (χ4n) is 3.82. The lowest BCUT2D eigenvalue weighted by molar-refractivity contribution is -0.118. The maximum Gasteiger partial charge on any atom is 0.230 e. The molecule has 8 heteroatoms. The lowest BCUT2D eigenvalue weighted by atomic mass is 10.1. The maximum absolute atomic E-state index is 12.6. The number of nitrogens with one attached hydrogen (secondary N) is 1. The first kappa shape index (κ1) is 21.4. The number of hydrogen-bond donors (Lipinski definition) is 1. The van der Waals surface area contributed by atoms with Gasteiger partial charge in [-0.1, -0.05) is 42.1 Å².